The molecule has 3 rings (SSSR count). The van der Waals surface area contributed by atoms with Crippen LogP contribution in [0.5, 0.6) is 5.75 Å². The van der Waals surface area contributed by atoms with Gasteiger partial charge in [-0.1, -0.05) is 23.8 Å². The molecule has 1 fully saturated rings. The summed E-state index contributed by atoms with van der Waals surface area (Å²) in [6, 6.07) is 11.0. The Labute approximate surface area is 158 Å². The number of sulfonamides is 1. The Morgan fingerprint density at radius 3 is 2.42 bits per heavy atom. The minimum absolute atomic E-state index is 0.00900. The maximum atomic E-state index is 12.5. The summed E-state index contributed by atoms with van der Waals surface area (Å²) in [5, 5.41) is 1.75. The maximum absolute atomic E-state index is 12.5. The molecule has 0 bridgehead atoms. The number of carbonyl (C=O) groups is 1. The van der Waals surface area contributed by atoms with Crippen molar-refractivity contribution in [2.24, 2.45) is 0 Å². The molecule has 0 spiro atoms. The van der Waals surface area contributed by atoms with Gasteiger partial charge in [0.2, 0.25) is 5.91 Å². The number of piperazine rings is 1. The highest BCUT2D eigenvalue weighted by atomic mass is 32.2. The summed E-state index contributed by atoms with van der Waals surface area (Å²) in [5.41, 5.74) is 1.16. The van der Waals surface area contributed by atoms with Gasteiger partial charge in [0.05, 0.1) is 13.0 Å². The van der Waals surface area contributed by atoms with Crippen LogP contribution in [0.2, 0.25) is 0 Å². The number of hydrogen-bond donors (Lipinski definition) is 0. The van der Waals surface area contributed by atoms with E-state index < -0.39 is 10.0 Å². The average Bonchev–Trinajstić information content (AvgIpc) is 3.19. The lowest BCUT2D eigenvalue weighted by atomic mass is 10.2. The molecular formula is C18H22N2O4S2. The van der Waals surface area contributed by atoms with Crippen molar-refractivity contribution >= 4 is 27.3 Å². The largest absolute Gasteiger partial charge is 0.493 e. The Morgan fingerprint density at radius 2 is 1.81 bits per heavy atom. The van der Waals surface area contributed by atoms with Gasteiger partial charge < -0.3 is 9.64 Å². The lowest BCUT2D eigenvalue weighted by Crippen LogP contribution is -2.50. The van der Waals surface area contributed by atoms with E-state index in [0.29, 0.717) is 37.0 Å². The molecule has 0 aliphatic carbocycles. The Balaban J connectivity index is 1.45. The van der Waals surface area contributed by atoms with Crippen molar-refractivity contribution in [2.45, 2.75) is 17.6 Å². The van der Waals surface area contributed by atoms with E-state index in [9.17, 15) is 13.2 Å². The van der Waals surface area contributed by atoms with Gasteiger partial charge in [0, 0.05) is 26.2 Å². The molecular weight excluding hydrogens is 372 g/mol. The summed E-state index contributed by atoms with van der Waals surface area (Å²) in [6.45, 7) is 3.79. The maximum Gasteiger partial charge on any atom is 0.252 e. The van der Waals surface area contributed by atoms with E-state index in [1.807, 2.05) is 31.2 Å². The average molecular weight is 395 g/mol. The van der Waals surface area contributed by atoms with Crippen molar-refractivity contribution in [1.82, 2.24) is 9.21 Å². The van der Waals surface area contributed by atoms with Gasteiger partial charge in [-0.3, -0.25) is 4.79 Å². The summed E-state index contributed by atoms with van der Waals surface area (Å²) < 4.78 is 32.4. The van der Waals surface area contributed by atoms with Crippen molar-refractivity contribution in [3.05, 3.63) is 47.3 Å². The number of rotatable bonds is 6. The molecule has 1 saturated heterocycles. The van der Waals surface area contributed by atoms with Crippen LogP contribution in [-0.2, 0) is 14.8 Å². The molecule has 1 aromatic carbocycles. The van der Waals surface area contributed by atoms with Crippen molar-refractivity contribution in [3.8, 4) is 5.75 Å². The quantitative estimate of drug-likeness (QED) is 0.754. The van der Waals surface area contributed by atoms with Crippen LogP contribution in [0.4, 0.5) is 0 Å². The predicted octanol–water partition coefficient (Wildman–Crippen LogP) is 2.36. The summed E-state index contributed by atoms with van der Waals surface area (Å²) in [7, 11) is -3.44. The molecule has 1 aliphatic heterocycles. The molecule has 0 saturated carbocycles. The number of nitrogens with zero attached hydrogens (tertiary/aromatic N) is 2. The van der Waals surface area contributed by atoms with Gasteiger partial charge >= 0.3 is 0 Å². The summed E-state index contributed by atoms with van der Waals surface area (Å²) in [5.74, 6) is 0.737. The zero-order valence-corrected chi connectivity index (χ0v) is 16.3. The van der Waals surface area contributed by atoms with Crippen LogP contribution in [0.1, 0.15) is 12.0 Å². The molecule has 26 heavy (non-hydrogen) atoms. The number of benzene rings is 1. The van der Waals surface area contributed by atoms with Crippen LogP contribution in [-0.4, -0.2) is 56.3 Å². The van der Waals surface area contributed by atoms with E-state index in [0.717, 1.165) is 11.3 Å². The Kier molecular flexibility index (Phi) is 5.95. The lowest BCUT2D eigenvalue weighted by molar-refractivity contribution is -0.132. The van der Waals surface area contributed by atoms with Crippen molar-refractivity contribution in [2.75, 3.05) is 32.8 Å². The fourth-order valence-electron chi connectivity index (χ4n) is 2.76. The number of ether oxygens (including phenoxy) is 1. The van der Waals surface area contributed by atoms with Gasteiger partial charge in [-0.05, 0) is 30.5 Å². The second-order valence-corrected chi connectivity index (χ2v) is 9.24. The predicted molar refractivity (Wildman–Crippen MR) is 101 cm³/mol. The van der Waals surface area contributed by atoms with Crippen LogP contribution >= 0.6 is 11.3 Å². The first-order chi connectivity index (χ1) is 12.5. The standard InChI is InChI=1S/C18H22N2O4S2/c1-15-4-6-16(7-5-15)24-13-8-17(21)19-9-11-20(12-10-19)26(22,23)18-3-2-14-25-18/h2-7,14H,8-13H2,1H3. The molecule has 2 aromatic rings. The first-order valence-corrected chi connectivity index (χ1v) is 10.8. The highest BCUT2D eigenvalue weighted by Gasteiger charge is 2.30. The minimum Gasteiger partial charge on any atom is -0.493 e. The highest BCUT2D eigenvalue weighted by molar-refractivity contribution is 7.91. The summed E-state index contributed by atoms with van der Waals surface area (Å²) >= 11 is 1.21. The summed E-state index contributed by atoms with van der Waals surface area (Å²) in [4.78, 5) is 14.0. The molecule has 0 radical (unpaired) electrons. The number of carbonyl (C=O) groups excluding carboxylic acids is 1. The molecule has 140 valence electrons. The summed E-state index contributed by atoms with van der Waals surface area (Å²) in [6.07, 6.45) is 0.283. The lowest BCUT2D eigenvalue weighted by Gasteiger charge is -2.33. The second kappa shape index (κ2) is 8.20. The second-order valence-electron chi connectivity index (χ2n) is 6.13. The minimum atomic E-state index is -3.44. The highest BCUT2D eigenvalue weighted by Crippen LogP contribution is 2.22. The van der Waals surface area contributed by atoms with Gasteiger partial charge in [0.25, 0.3) is 10.0 Å². The van der Waals surface area contributed by atoms with E-state index in [1.165, 1.54) is 15.6 Å². The van der Waals surface area contributed by atoms with Gasteiger partial charge in [0.15, 0.2) is 0 Å². The van der Waals surface area contributed by atoms with E-state index in [2.05, 4.69) is 0 Å². The van der Waals surface area contributed by atoms with E-state index in [-0.39, 0.29) is 12.3 Å². The molecule has 1 amide bonds. The molecule has 8 heteroatoms. The van der Waals surface area contributed by atoms with Crippen molar-refractivity contribution < 1.29 is 17.9 Å². The fraction of sp³-hybridized carbons (Fsp3) is 0.389. The molecule has 1 aromatic heterocycles. The fourth-order valence-corrected chi connectivity index (χ4v) is 5.33. The van der Waals surface area contributed by atoms with Crippen LogP contribution in [0.3, 0.4) is 0 Å². The van der Waals surface area contributed by atoms with Gasteiger partial charge in [-0.15, -0.1) is 11.3 Å². The Hall–Kier alpha value is -1.90. The number of thiophene rings is 1. The van der Waals surface area contributed by atoms with Crippen LogP contribution in [0.15, 0.2) is 46.0 Å². The number of hydrogen-bond acceptors (Lipinski definition) is 5. The van der Waals surface area contributed by atoms with Crippen LogP contribution < -0.4 is 4.74 Å². The smallest absolute Gasteiger partial charge is 0.252 e. The molecule has 1 aliphatic rings. The zero-order chi connectivity index (χ0) is 18.6. The zero-order valence-electron chi connectivity index (χ0n) is 14.6. The molecule has 2 heterocycles. The van der Waals surface area contributed by atoms with Crippen molar-refractivity contribution in [3.63, 3.8) is 0 Å². The van der Waals surface area contributed by atoms with E-state index in [4.69, 9.17) is 4.74 Å². The van der Waals surface area contributed by atoms with Crippen LogP contribution in [0, 0.1) is 6.92 Å². The Morgan fingerprint density at radius 1 is 1.12 bits per heavy atom. The van der Waals surface area contributed by atoms with Crippen molar-refractivity contribution in [1.29, 1.82) is 0 Å². The molecule has 6 nitrogen and oxygen atoms in total. The third kappa shape index (κ3) is 4.44. The SMILES string of the molecule is Cc1ccc(OCCC(=O)N2CCN(S(=O)(=O)c3cccs3)CC2)cc1. The van der Waals surface area contributed by atoms with E-state index >= 15 is 0 Å². The topological polar surface area (TPSA) is 66.9 Å². The van der Waals surface area contributed by atoms with E-state index in [1.54, 1.807) is 22.4 Å². The third-order valence-corrected chi connectivity index (χ3v) is 7.56. The monoisotopic (exact) mass is 394 g/mol. The van der Waals surface area contributed by atoms with Crippen LogP contribution in [0.25, 0.3) is 0 Å². The Bertz CT molecular complexity index is 825. The molecule has 0 unspecified atom stereocenters. The third-order valence-electron chi connectivity index (χ3n) is 4.29. The normalized spacial score (nSPS) is 15.8. The number of amides is 1. The van der Waals surface area contributed by atoms with Gasteiger partial charge in [-0.2, -0.15) is 4.31 Å². The van der Waals surface area contributed by atoms with Gasteiger partial charge in [-0.25, -0.2) is 8.42 Å². The first-order valence-electron chi connectivity index (χ1n) is 8.48. The molecule has 0 atom stereocenters. The van der Waals surface area contributed by atoms with Gasteiger partial charge in [0.1, 0.15) is 9.96 Å². The molecule has 0 N–H and O–H groups in total. The number of aryl methyl sites for hydroxylation is 1. The first kappa shape index (κ1) is 18.9.